The van der Waals surface area contributed by atoms with Gasteiger partial charge in [-0.25, -0.2) is 9.59 Å². The number of aliphatic hydroxyl groups excluding tert-OH is 2. The largest absolute Gasteiger partial charge is 0.391 e. The van der Waals surface area contributed by atoms with Gasteiger partial charge in [0.2, 0.25) is 0 Å². The highest BCUT2D eigenvalue weighted by molar-refractivity contribution is 6.27. The summed E-state index contributed by atoms with van der Waals surface area (Å²) in [5.74, 6) is 2.17. The summed E-state index contributed by atoms with van der Waals surface area (Å²) in [5, 5.41) is 19.6. The van der Waals surface area contributed by atoms with Crippen LogP contribution in [0.5, 0.6) is 0 Å². The summed E-state index contributed by atoms with van der Waals surface area (Å²) in [6.07, 6.45) is 1.41. The van der Waals surface area contributed by atoms with E-state index in [1.807, 2.05) is 4.98 Å². The first-order chi connectivity index (χ1) is 9.31. The van der Waals surface area contributed by atoms with E-state index in [1.165, 1.54) is 6.92 Å². The molecule has 0 saturated carbocycles. The molecule has 20 heavy (non-hydrogen) atoms. The molecule has 0 amide bonds. The van der Waals surface area contributed by atoms with Crippen LogP contribution in [0.3, 0.4) is 0 Å². The fourth-order valence-electron chi connectivity index (χ4n) is 2.03. The third-order valence-electron chi connectivity index (χ3n) is 3.08. The minimum absolute atomic E-state index is 0.835. The van der Waals surface area contributed by atoms with Crippen LogP contribution in [0, 0.1) is 12.3 Å². The van der Waals surface area contributed by atoms with E-state index in [2.05, 4.69) is 10.9 Å². The molecule has 1 fully saturated rings. The quantitative estimate of drug-likeness (QED) is 0.437. The molecule has 1 aromatic heterocycles. The topological polar surface area (TPSA) is 117 Å². The van der Waals surface area contributed by atoms with Gasteiger partial charge in [-0.1, -0.05) is 17.5 Å². The first kappa shape index (κ1) is 14.7. The van der Waals surface area contributed by atoms with Gasteiger partial charge in [-0.05, 0) is 6.92 Å². The first-order valence-corrected chi connectivity index (χ1v) is 6.04. The van der Waals surface area contributed by atoms with Crippen molar-refractivity contribution in [3.8, 4) is 12.3 Å². The molecule has 0 spiro atoms. The molecule has 0 bridgehead atoms. The summed E-state index contributed by atoms with van der Waals surface area (Å²) in [5.41, 5.74) is -1.67. The lowest BCUT2D eigenvalue weighted by molar-refractivity contribution is -0.0776. The molecule has 5 atom stereocenters. The van der Waals surface area contributed by atoms with E-state index in [9.17, 15) is 19.8 Å². The maximum absolute atomic E-state index is 11.7. The first-order valence-electron chi connectivity index (χ1n) is 5.67. The van der Waals surface area contributed by atoms with Crippen molar-refractivity contribution in [3.63, 3.8) is 0 Å². The number of alkyl halides is 1. The van der Waals surface area contributed by atoms with Crippen molar-refractivity contribution in [1.82, 2.24) is 14.5 Å². The molecule has 1 aromatic rings. The number of rotatable bonds is 2. The zero-order chi connectivity index (χ0) is 15.1. The highest BCUT2D eigenvalue weighted by Crippen LogP contribution is 2.43. The molecule has 2 rings (SSSR count). The number of nitrogens with one attached hydrogen (secondary N) is 1. The summed E-state index contributed by atoms with van der Waals surface area (Å²) in [6.45, 7) is 1.39. The Balaban J connectivity index is 2.53. The highest BCUT2D eigenvalue weighted by Gasteiger charge is 2.57. The van der Waals surface area contributed by atoms with Crippen molar-refractivity contribution in [1.29, 1.82) is 0 Å². The molecular formula is C11H12ClN3O5. The van der Waals surface area contributed by atoms with Crippen molar-refractivity contribution < 1.29 is 14.9 Å². The minimum Gasteiger partial charge on any atom is -0.391 e. The van der Waals surface area contributed by atoms with Gasteiger partial charge in [-0.15, -0.1) is 6.42 Å². The molecule has 2 heterocycles. The van der Waals surface area contributed by atoms with Crippen LogP contribution in [0.2, 0.25) is 0 Å². The lowest BCUT2D eigenvalue weighted by atomic mass is 9.97. The number of nitrogens with zero attached hydrogens (tertiary/aromatic N) is 2. The van der Waals surface area contributed by atoms with Gasteiger partial charge < -0.3 is 14.9 Å². The predicted molar refractivity (Wildman–Crippen MR) is 68.1 cm³/mol. The van der Waals surface area contributed by atoms with Crippen molar-refractivity contribution >= 4 is 11.6 Å². The van der Waals surface area contributed by atoms with Crippen LogP contribution in [0.25, 0.3) is 0 Å². The van der Waals surface area contributed by atoms with E-state index in [0.717, 1.165) is 10.9 Å². The molecule has 1 saturated heterocycles. The van der Waals surface area contributed by atoms with Gasteiger partial charge in [0, 0.05) is 0 Å². The second kappa shape index (κ2) is 5.03. The fraction of sp³-hybridized carbons (Fsp3) is 0.545. The van der Waals surface area contributed by atoms with Gasteiger partial charge in [0.05, 0.1) is 6.10 Å². The third-order valence-corrected chi connectivity index (χ3v) is 3.60. The third kappa shape index (κ3) is 2.14. The Morgan fingerprint density at radius 2 is 2.35 bits per heavy atom. The lowest BCUT2D eigenvalue weighted by Gasteiger charge is -2.25. The zero-order valence-corrected chi connectivity index (χ0v) is 11.1. The Labute approximate surface area is 118 Å². The Morgan fingerprint density at radius 3 is 2.85 bits per heavy atom. The summed E-state index contributed by atoms with van der Waals surface area (Å²) in [4.78, 5) is 26.2. The van der Waals surface area contributed by atoms with E-state index in [0.29, 0.717) is 0 Å². The van der Waals surface area contributed by atoms with Gasteiger partial charge in [0.25, 0.3) is 0 Å². The number of hydrogen-bond donors (Lipinski definition) is 3. The summed E-state index contributed by atoms with van der Waals surface area (Å²) in [6, 6.07) is 0. The maximum Gasteiger partial charge on any atom is 0.350 e. The van der Waals surface area contributed by atoms with Crippen molar-refractivity contribution in [2.45, 2.75) is 36.3 Å². The average molecular weight is 302 g/mol. The minimum atomic E-state index is -1.77. The smallest absolute Gasteiger partial charge is 0.350 e. The molecule has 1 aliphatic heterocycles. The van der Waals surface area contributed by atoms with Crippen LogP contribution < -0.4 is 11.4 Å². The molecule has 108 valence electrons. The van der Waals surface area contributed by atoms with E-state index in [1.54, 1.807) is 0 Å². The van der Waals surface area contributed by atoms with Crippen LogP contribution in [0.4, 0.5) is 0 Å². The number of hydrogen-bond acceptors (Lipinski definition) is 6. The maximum atomic E-state index is 11.7. The SMILES string of the molecule is C#CC1(Cl)[C@@H](O)[C@@H]([C@H](C)O)O[C@H]1n1cnc(=O)[nH]c1=O. The predicted octanol–water partition coefficient (Wildman–Crippen LogP) is -1.82. The molecule has 9 heteroatoms. The van der Waals surface area contributed by atoms with Gasteiger partial charge >= 0.3 is 11.4 Å². The number of aliphatic hydroxyl groups is 2. The van der Waals surface area contributed by atoms with Crippen LogP contribution in [0.1, 0.15) is 13.2 Å². The van der Waals surface area contributed by atoms with E-state index >= 15 is 0 Å². The van der Waals surface area contributed by atoms with Crippen molar-refractivity contribution in [3.05, 3.63) is 27.3 Å². The Bertz CT molecular complexity index is 663. The van der Waals surface area contributed by atoms with Crippen LogP contribution in [0.15, 0.2) is 15.9 Å². The zero-order valence-electron chi connectivity index (χ0n) is 10.4. The number of aromatic nitrogens is 3. The second-order valence-electron chi connectivity index (χ2n) is 4.44. The molecule has 3 N–H and O–H groups in total. The molecule has 1 aliphatic rings. The number of aromatic amines is 1. The molecule has 1 unspecified atom stereocenters. The number of ether oxygens (including phenoxy) is 1. The normalized spacial score (nSPS) is 34.6. The van der Waals surface area contributed by atoms with Gasteiger partial charge in [-0.2, -0.15) is 4.98 Å². The van der Waals surface area contributed by atoms with Crippen molar-refractivity contribution in [2.24, 2.45) is 0 Å². The number of terminal acetylenes is 1. The van der Waals surface area contributed by atoms with Crippen LogP contribution in [-0.4, -0.2) is 47.9 Å². The van der Waals surface area contributed by atoms with E-state index in [-0.39, 0.29) is 0 Å². The number of halogens is 1. The molecule has 0 aliphatic carbocycles. The van der Waals surface area contributed by atoms with Crippen molar-refractivity contribution in [2.75, 3.05) is 0 Å². The second-order valence-corrected chi connectivity index (χ2v) is 5.06. The average Bonchev–Trinajstić information content (AvgIpc) is 2.64. The van der Waals surface area contributed by atoms with Gasteiger partial charge in [0.1, 0.15) is 18.5 Å². The highest BCUT2D eigenvalue weighted by atomic mass is 35.5. The molecule has 0 radical (unpaired) electrons. The summed E-state index contributed by atoms with van der Waals surface area (Å²) >= 11 is 6.15. The summed E-state index contributed by atoms with van der Waals surface area (Å²) in [7, 11) is 0. The monoisotopic (exact) mass is 301 g/mol. The van der Waals surface area contributed by atoms with Gasteiger partial charge in [-0.3, -0.25) is 9.55 Å². The standard InChI is InChI=1S/C11H12ClN3O5/c1-3-11(12)7(17)6(5(2)16)20-8(11)15-4-13-9(18)14-10(15)19/h1,4-8,16-17H,2H3,(H,14,18,19)/t5-,6+,7-,8+,11?/m0/s1. The van der Waals surface area contributed by atoms with E-state index < -0.39 is 40.8 Å². The Morgan fingerprint density at radius 1 is 1.70 bits per heavy atom. The van der Waals surface area contributed by atoms with Crippen LogP contribution >= 0.6 is 11.6 Å². The Kier molecular flexibility index (Phi) is 3.71. The summed E-state index contributed by atoms with van der Waals surface area (Å²) < 4.78 is 6.24. The van der Waals surface area contributed by atoms with E-state index in [4.69, 9.17) is 22.8 Å². The Hall–Kier alpha value is -1.66. The molecule has 8 nitrogen and oxygen atoms in total. The molecular weight excluding hydrogens is 290 g/mol. The number of H-pyrrole nitrogens is 1. The van der Waals surface area contributed by atoms with Crippen LogP contribution in [-0.2, 0) is 4.74 Å². The molecule has 0 aromatic carbocycles. The lowest BCUT2D eigenvalue weighted by Crippen LogP contribution is -2.45. The van der Waals surface area contributed by atoms with Gasteiger partial charge in [0.15, 0.2) is 11.1 Å². The fourth-order valence-corrected chi connectivity index (χ4v) is 2.31.